The number of ketones is 1. The van der Waals surface area contributed by atoms with Crippen LogP contribution in [0.2, 0.25) is 0 Å². The molecule has 0 atom stereocenters. The standard InChI is InChI=1S/C25H22N2O2/c1-16-4-7-21(25-12-18(3)27-29-25)14-23(16)20-8-5-19(6-9-20)13-24(28)22-10-11-26-15-17(22)2/h4-12,14-15H,13H2,1-3H3. The van der Waals surface area contributed by atoms with Crippen LogP contribution in [0.25, 0.3) is 22.5 Å². The molecule has 0 radical (unpaired) electrons. The predicted octanol–water partition coefficient (Wildman–Crippen LogP) is 5.75. The lowest BCUT2D eigenvalue weighted by atomic mass is 9.95. The van der Waals surface area contributed by atoms with Gasteiger partial charge in [0.25, 0.3) is 0 Å². The summed E-state index contributed by atoms with van der Waals surface area (Å²) in [6, 6.07) is 18.2. The molecule has 2 aromatic heterocycles. The third kappa shape index (κ3) is 4.02. The van der Waals surface area contributed by atoms with E-state index in [1.807, 2.05) is 38.1 Å². The molecule has 144 valence electrons. The second-order valence-electron chi connectivity index (χ2n) is 7.35. The van der Waals surface area contributed by atoms with Crippen molar-refractivity contribution in [2.45, 2.75) is 27.2 Å². The average Bonchev–Trinajstić information content (AvgIpc) is 3.16. The summed E-state index contributed by atoms with van der Waals surface area (Å²) in [4.78, 5) is 16.7. The Morgan fingerprint density at radius 2 is 1.66 bits per heavy atom. The van der Waals surface area contributed by atoms with E-state index in [9.17, 15) is 4.79 Å². The van der Waals surface area contributed by atoms with Gasteiger partial charge in [0.15, 0.2) is 11.5 Å². The van der Waals surface area contributed by atoms with Gasteiger partial charge in [-0.15, -0.1) is 0 Å². The van der Waals surface area contributed by atoms with Gasteiger partial charge in [-0.2, -0.15) is 0 Å². The van der Waals surface area contributed by atoms with E-state index in [4.69, 9.17) is 4.52 Å². The number of carbonyl (C=O) groups is 1. The van der Waals surface area contributed by atoms with Crippen molar-refractivity contribution >= 4 is 5.78 Å². The molecule has 0 spiro atoms. The van der Waals surface area contributed by atoms with E-state index >= 15 is 0 Å². The highest BCUT2D eigenvalue weighted by atomic mass is 16.5. The minimum absolute atomic E-state index is 0.108. The van der Waals surface area contributed by atoms with Gasteiger partial charge in [0, 0.05) is 36.0 Å². The first-order valence-electron chi connectivity index (χ1n) is 9.59. The van der Waals surface area contributed by atoms with Crippen LogP contribution in [0.15, 0.2) is 71.5 Å². The van der Waals surface area contributed by atoms with Crippen LogP contribution in [0.5, 0.6) is 0 Å². The lowest BCUT2D eigenvalue weighted by Gasteiger charge is -2.09. The second-order valence-corrected chi connectivity index (χ2v) is 7.35. The van der Waals surface area contributed by atoms with E-state index < -0.39 is 0 Å². The third-order valence-electron chi connectivity index (χ3n) is 5.10. The first-order valence-corrected chi connectivity index (χ1v) is 9.59. The topological polar surface area (TPSA) is 56.0 Å². The zero-order valence-corrected chi connectivity index (χ0v) is 16.8. The molecule has 4 rings (SSSR count). The Balaban J connectivity index is 1.58. The van der Waals surface area contributed by atoms with Crippen LogP contribution in [0.3, 0.4) is 0 Å². The Morgan fingerprint density at radius 3 is 2.34 bits per heavy atom. The van der Waals surface area contributed by atoms with Crippen molar-refractivity contribution in [3.8, 4) is 22.5 Å². The van der Waals surface area contributed by atoms with E-state index in [1.165, 1.54) is 5.56 Å². The van der Waals surface area contributed by atoms with Crippen LogP contribution in [0.4, 0.5) is 0 Å². The number of pyridine rings is 1. The number of benzene rings is 2. The van der Waals surface area contributed by atoms with E-state index in [0.29, 0.717) is 6.42 Å². The molecule has 0 aliphatic carbocycles. The van der Waals surface area contributed by atoms with Crippen LogP contribution < -0.4 is 0 Å². The Bertz CT molecular complexity index is 1170. The molecule has 0 fully saturated rings. The second kappa shape index (κ2) is 7.84. The van der Waals surface area contributed by atoms with Crippen molar-refractivity contribution in [1.82, 2.24) is 10.1 Å². The van der Waals surface area contributed by atoms with Crippen LogP contribution in [-0.2, 0) is 6.42 Å². The summed E-state index contributed by atoms with van der Waals surface area (Å²) >= 11 is 0. The van der Waals surface area contributed by atoms with Crippen LogP contribution in [0, 0.1) is 20.8 Å². The lowest BCUT2D eigenvalue weighted by Crippen LogP contribution is -2.05. The normalized spacial score (nSPS) is 10.9. The molecule has 0 aliphatic rings. The Kier molecular flexibility index (Phi) is 5.09. The number of hydrogen-bond donors (Lipinski definition) is 0. The first kappa shape index (κ1) is 18.8. The Labute approximate surface area is 170 Å². The highest BCUT2D eigenvalue weighted by Gasteiger charge is 2.11. The molecule has 2 heterocycles. The molecule has 0 aliphatic heterocycles. The van der Waals surface area contributed by atoms with E-state index in [0.717, 1.165) is 44.8 Å². The van der Waals surface area contributed by atoms with Gasteiger partial charge in [0.1, 0.15) is 0 Å². The van der Waals surface area contributed by atoms with E-state index in [-0.39, 0.29) is 5.78 Å². The summed E-state index contributed by atoms with van der Waals surface area (Å²) in [5.74, 6) is 0.871. The predicted molar refractivity (Wildman–Crippen MR) is 114 cm³/mol. The van der Waals surface area contributed by atoms with Crippen molar-refractivity contribution in [2.24, 2.45) is 0 Å². The molecule has 0 amide bonds. The molecular weight excluding hydrogens is 360 g/mol. The summed E-state index contributed by atoms with van der Waals surface area (Å²) in [6.07, 6.45) is 3.76. The molecule has 29 heavy (non-hydrogen) atoms. The minimum Gasteiger partial charge on any atom is -0.356 e. The summed E-state index contributed by atoms with van der Waals surface area (Å²) < 4.78 is 5.40. The highest BCUT2D eigenvalue weighted by Crippen LogP contribution is 2.30. The fourth-order valence-corrected chi connectivity index (χ4v) is 3.45. The molecule has 4 heteroatoms. The molecule has 0 saturated heterocycles. The number of nitrogens with zero attached hydrogens (tertiary/aromatic N) is 2. The summed E-state index contributed by atoms with van der Waals surface area (Å²) in [5, 5.41) is 3.98. The zero-order chi connectivity index (χ0) is 20.4. The fraction of sp³-hybridized carbons (Fsp3) is 0.160. The maximum absolute atomic E-state index is 12.6. The first-order chi connectivity index (χ1) is 14.0. The van der Waals surface area contributed by atoms with Crippen LogP contribution >= 0.6 is 0 Å². The van der Waals surface area contributed by atoms with Gasteiger partial charge >= 0.3 is 0 Å². The molecule has 0 bridgehead atoms. The van der Waals surface area contributed by atoms with Gasteiger partial charge in [-0.05, 0) is 60.7 Å². The smallest absolute Gasteiger partial charge is 0.167 e. The highest BCUT2D eigenvalue weighted by molar-refractivity contribution is 5.98. The van der Waals surface area contributed by atoms with Crippen molar-refractivity contribution in [3.63, 3.8) is 0 Å². The van der Waals surface area contributed by atoms with Gasteiger partial charge in [0.05, 0.1) is 5.69 Å². The lowest BCUT2D eigenvalue weighted by molar-refractivity contribution is 0.0992. The zero-order valence-electron chi connectivity index (χ0n) is 16.8. The fourth-order valence-electron chi connectivity index (χ4n) is 3.45. The summed E-state index contributed by atoms with van der Waals surface area (Å²) in [5.41, 5.74) is 7.92. The summed E-state index contributed by atoms with van der Waals surface area (Å²) in [6.45, 7) is 5.92. The van der Waals surface area contributed by atoms with Crippen molar-refractivity contribution < 1.29 is 9.32 Å². The molecule has 2 aromatic carbocycles. The molecule has 0 N–H and O–H groups in total. The molecule has 0 saturated carbocycles. The SMILES string of the molecule is Cc1cc(-c2ccc(C)c(-c3ccc(CC(=O)c4ccncc4C)cc3)c2)on1. The van der Waals surface area contributed by atoms with Gasteiger partial charge < -0.3 is 4.52 Å². The number of carbonyl (C=O) groups excluding carboxylic acids is 1. The largest absolute Gasteiger partial charge is 0.356 e. The number of hydrogen-bond acceptors (Lipinski definition) is 4. The number of aromatic nitrogens is 2. The monoisotopic (exact) mass is 382 g/mol. The Morgan fingerprint density at radius 1 is 0.897 bits per heavy atom. The third-order valence-corrected chi connectivity index (χ3v) is 5.10. The van der Waals surface area contributed by atoms with Crippen LogP contribution in [0.1, 0.15) is 32.7 Å². The van der Waals surface area contributed by atoms with Crippen molar-refractivity contribution in [3.05, 3.63) is 94.9 Å². The molecular formula is C25H22N2O2. The van der Waals surface area contributed by atoms with Gasteiger partial charge in [0.2, 0.25) is 0 Å². The van der Waals surface area contributed by atoms with Crippen molar-refractivity contribution in [2.75, 3.05) is 0 Å². The van der Waals surface area contributed by atoms with E-state index in [2.05, 4.69) is 41.3 Å². The van der Waals surface area contributed by atoms with Crippen LogP contribution in [-0.4, -0.2) is 15.9 Å². The number of Topliss-reactive ketones (excluding diaryl/α,β-unsaturated/α-hetero) is 1. The van der Waals surface area contributed by atoms with Gasteiger partial charge in [-0.3, -0.25) is 9.78 Å². The number of aryl methyl sites for hydroxylation is 3. The average molecular weight is 382 g/mol. The molecule has 4 nitrogen and oxygen atoms in total. The number of rotatable bonds is 5. The van der Waals surface area contributed by atoms with Crippen molar-refractivity contribution in [1.29, 1.82) is 0 Å². The minimum atomic E-state index is 0.108. The molecule has 0 unspecified atom stereocenters. The van der Waals surface area contributed by atoms with Gasteiger partial charge in [-0.1, -0.05) is 41.6 Å². The quantitative estimate of drug-likeness (QED) is 0.412. The molecule has 4 aromatic rings. The maximum atomic E-state index is 12.6. The van der Waals surface area contributed by atoms with E-state index in [1.54, 1.807) is 18.5 Å². The van der Waals surface area contributed by atoms with Gasteiger partial charge in [-0.25, -0.2) is 0 Å². The maximum Gasteiger partial charge on any atom is 0.167 e. The Hall–Kier alpha value is -3.53. The summed E-state index contributed by atoms with van der Waals surface area (Å²) in [7, 11) is 0.